The van der Waals surface area contributed by atoms with Crippen LogP contribution in [0.3, 0.4) is 0 Å². The molecule has 5 rings (SSSR count). The molecule has 0 spiro atoms. The van der Waals surface area contributed by atoms with E-state index in [0.29, 0.717) is 0 Å². The molecule has 4 bridgehead atoms. The lowest BCUT2D eigenvalue weighted by Gasteiger charge is -2.37. The van der Waals surface area contributed by atoms with Crippen LogP contribution in [0.5, 0.6) is 0 Å². The van der Waals surface area contributed by atoms with Gasteiger partial charge in [-0.25, -0.2) is 0 Å². The maximum atomic E-state index is 7.22. The minimum absolute atomic E-state index is 0.0635. The molecule has 0 amide bonds. The van der Waals surface area contributed by atoms with Gasteiger partial charge in [-0.3, -0.25) is 0 Å². The standard InChI is InChI=1S/C22H12Br12Cl2/c23-11-13(25)19(29)15(35)9(17(11,27)21(19,31)32)5-7-3-1-2-4-8(7)6-10-16(36)20(30)14(26)12(24)18(10,28)22(20,33)34/h1-4,9-10,15-16H,5-6H2. The smallest absolute Gasteiger partial charge is 0.121 e. The van der Waals surface area contributed by atoms with Crippen LogP contribution in [0.15, 0.2) is 42.2 Å². The van der Waals surface area contributed by atoms with E-state index in [2.05, 4.69) is 215 Å². The molecular formula is C22H12Br12Cl2. The topological polar surface area (TPSA) is 0 Å². The van der Waals surface area contributed by atoms with Crippen LogP contribution in [0.1, 0.15) is 11.1 Å². The third-order valence-corrected chi connectivity index (χ3v) is 32.4. The molecule has 8 unspecified atom stereocenters. The Kier molecular flexibility index (Phi) is 9.26. The highest BCUT2D eigenvalue weighted by Gasteiger charge is 2.81. The van der Waals surface area contributed by atoms with E-state index in [1.54, 1.807) is 0 Å². The summed E-state index contributed by atoms with van der Waals surface area (Å²) in [5.74, 6) is 0.127. The SMILES string of the molecule is ClC1C(Cc2ccccc2CC2C(Cl)C3(Br)C(Br)=C(Br)C2(Br)C3(Br)Br)C2(Br)C(Br)=C(Br)C1(Br)C2(Br)Br. The number of alkyl halides is 10. The van der Waals surface area contributed by atoms with Gasteiger partial charge in [0, 0.05) is 29.8 Å². The Morgan fingerprint density at radius 2 is 0.806 bits per heavy atom. The van der Waals surface area contributed by atoms with Gasteiger partial charge in [0.05, 0.1) is 19.4 Å². The van der Waals surface area contributed by atoms with Gasteiger partial charge in [0.2, 0.25) is 0 Å². The summed E-state index contributed by atoms with van der Waals surface area (Å²) >= 11 is 61.7. The van der Waals surface area contributed by atoms with Crippen LogP contribution < -0.4 is 0 Å². The van der Waals surface area contributed by atoms with Gasteiger partial charge < -0.3 is 0 Å². The van der Waals surface area contributed by atoms with Crippen molar-refractivity contribution in [2.24, 2.45) is 11.8 Å². The molecule has 0 heterocycles. The van der Waals surface area contributed by atoms with E-state index in [4.69, 9.17) is 23.2 Å². The molecule has 1 aromatic rings. The van der Waals surface area contributed by atoms with Crippen molar-refractivity contribution < 1.29 is 0 Å². The Bertz CT molecular complexity index is 1140. The Balaban J connectivity index is 1.53. The summed E-state index contributed by atoms with van der Waals surface area (Å²) in [4.78, 5) is 0. The Morgan fingerprint density at radius 1 is 0.528 bits per heavy atom. The normalized spacial score (nSPS) is 46.4. The van der Waals surface area contributed by atoms with Crippen molar-refractivity contribution in [1.82, 2.24) is 0 Å². The summed E-state index contributed by atoms with van der Waals surface area (Å²) in [7, 11) is 0. The van der Waals surface area contributed by atoms with Gasteiger partial charge in [-0.2, -0.15) is 0 Å². The highest BCUT2D eigenvalue weighted by atomic mass is 79.9. The van der Waals surface area contributed by atoms with Crippen molar-refractivity contribution >= 4 is 214 Å². The molecule has 36 heavy (non-hydrogen) atoms. The highest BCUT2D eigenvalue weighted by Crippen LogP contribution is 2.80. The van der Waals surface area contributed by atoms with Crippen molar-refractivity contribution in [3.8, 4) is 0 Å². The van der Waals surface area contributed by atoms with Crippen molar-refractivity contribution in [3.05, 3.63) is 53.3 Å². The third-order valence-electron chi connectivity index (χ3n) is 7.98. The van der Waals surface area contributed by atoms with Gasteiger partial charge in [0.1, 0.15) is 15.1 Å². The molecule has 0 nitrogen and oxygen atoms in total. The molecule has 0 aliphatic heterocycles. The van der Waals surface area contributed by atoms with E-state index >= 15 is 0 Å². The van der Waals surface area contributed by atoms with Crippen molar-refractivity contribution in [2.45, 2.75) is 47.4 Å². The fourth-order valence-corrected chi connectivity index (χ4v) is 22.7. The van der Waals surface area contributed by atoms with Crippen LogP contribution in [-0.4, -0.2) is 34.5 Å². The number of halogens is 14. The minimum Gasteiger partial charge on any atom is -0.121 e. The van der Waals surface area contributed by atoms with Crippen LogP contribution in [0.4, 0.5) is 0 Å². The van der Waals surface area contributed by atoms with Crippen LogP contribution in [0, 0.1) is 11.8 Å². The first-order valence-corrected chi connectivity index (χ1v) is 20.8. The van der Waals surface area contributed by atoms with Crippen molar-refractivity contribution in [2.75, 3.05) is 0 Å². The zero-order chi connectivity index (χ0) is 27.0. The Morgan fingerprint density at radius 3 is 1.08 bits per heavy atom. The summed E-state index contributed by atoms with van der Waals surface area (Å²) in [6, 6.07) is 8.60. The summed E-state index contributed by atoms with van der Waals surface area (Å²) in [5, 5.41) is -0.413. The van der Waals surface area contributed by atoms with E-state index < -0.39 is 23.8 Å². The second kappa shape index (κ2) is 10.3. The van der Waals surface area contributed by atoms with E-state index in [1.165, 1.54) is 11.1 Å². The first-order chi connectivity index (χ1) is 16.4. The predicted molar refractivity (Wildman–Crippen MR) is 198 cm³/mol. The quantitative estimate of drug-likeness (QED) is 0.264. The van der Waals surface area contributed by atoms with E-state index in [9.17, 15) is 0 Å². The van der Waals surface area contributed by atoms with Gasteiger partial charge in [-0.15, -0.1) is 23.2 Å². The highest BCUT2D eigenvalue weighted by molar-refractivity contribution is 9.28. The molecule has 14 heteroatoms. The molecule has 8 atom stereocenters. The monoisotopic (exact) mass is 1290 g/mol. The number of allylic oxidation sites excluding steroid dienone is 4. The lowest BCUT2D eigenvalue weighted by molar-refractivity contribution is 0.471. The van der Waals surface area contributed by atoms with E-state index in [-0.39, 0.29) is 22.6 Å². The molecule has 0 radical (unpaired) electrons. The van der Waals surface area contributed by atoms with Crippen LogP contribution >= 0.6 is 214 Å². The van der Waals surface area contributed by atoms with Gasteiger partial charge in [0.25, 0.3) is 0 Å². The van der Waals surface area contributed by atoms with E-state index in [1.807, 2.05) is 0 Å². The van der Waals surface area contributed by atoms with Crippen LogP contribution in [0.2, 0.25) is 0 Å². The predicted octanol–water partition coefficient (Wildman–Crippen LogP) is 12.8. The lowest BCUT2D eigenvalue weighted by atomic mass is 9.81. The molecule has 1 aromatic carbocycles. The first kappa shape index (κ1) is 32.4. The van der Waals surface area contributed by atoms with Gasteiger partial charge in [-0.1, -0.05) is 215 Å². The van der Waals surface area contributed by atoms with Gasteiger partial charge in [0.15, 0.2) is 0 Å². The number of hydrogen-bond donors (Lipinski definition) is 0. The summed E-state index contributed by atoms with van der Waals surface area (Å²) in [6.45, 7) is 0. The first-order valence-electron chi connectivity index (χ1n) is 10.4. The van der Waals surface area contributed by atoms with Crippen molar-refractivity contribution in [1.29, 1.82) is 0 Å². The van der Waals surface area contributed by atoms with Gasteiger partial charge in [-0.05, 0) is 24.0 Å². The molecule has 198 valence electrons. The Hall–Kier alpha value is 5.04. The summed E-state index contributed by atoms with van der Waals surface area (Å²) in [5.41, 5.74) is 2.51. The minimum atomic E-state index is -0.537. The van der Waals surface area contributed by atoms with E-state index in [0.717, 1.165) is 30.8 Å². The molecule has 4 aliphatic carbocycles. The van der Waals surface area contributed by atoms with Gasteiger partial charge >= 0.3 is 0 Å². The Labute approximate surface area is 321 Å². The number of hydrogen-bond acceptors (Lipinski definition) is 0. The average molecular weight is 1310 g/mol. The average Bonchev–Trinajstić information content (AvgIpc) is 3.12. The fraction of sp³-hybridized carbons (Fsp3) is 0.545. The summed E-state index contributed by atoms with van der Waals surface area (Å²) in [6.07, 6.45) is 1.56. The molecular weight excluding hydrogens is 1290 g/mol. The number of benzene rings is 1. The zero-order valence-electron chi connectivity index (χ0n) is 17.3. The van der Waals surface area contributed by atoms with Crippen LogP contribution in [0.25, 0.3) is 0 Å². The maximum absolute atomic E-state index is 7.22. The second-order valence-corrected chi connectivity index (χ2v) is 25.4. The van der Waals surface area contributed by atoms with Crippen molar-refractivity contribution in [3.63, 3.8) is 0 Å². The number of rotatable bonds is 4. The molecule has 2 fully saturated rings. The molecule has 0 N–H and O–H groups in total. The fourth-order valence-electron chi connectivity index (χ4n) is 5.97. The maximum Gasteiger partial charge on any atom is 0.122 e. The largest absolute Gasteiger partial charge is 0.122 e. The zero-order valence-corrected chi connectivity index (χ0v) is 37.9. The molecule has 2 saturated carbocycles. The molecule has 4 aliphatic rings. The lowest BCUT2D eigenvalue weighted by Crippen LogP contribution is -2.43. The summed E-state index contributed by atoms with van der Waals surface area (Å²) < 4.78 is 0.971. The second-order valence-electron chi connectivity index (χ2n) is 9.45. The number of fused-ring (bicyclic) bond motifs is 4. The van der Waals surface area contributed by atoms with Crippen LogP contribution in [-0.2, 0) is 12.8 Å². The third kappa shape index (κ3) is 3.67. The molecule has 0 saturated heterocycles. The molecule has 0 aromatic heterocycles.